The summed E-state index contributed by atoms with van der Waals surface area (Å²) in [6.45, 7) is 2.47. The molecule has 0 bridgehead atoms. The summed E-state index contributed by atoms with van der Waals surface area (Å²) in [5.74, 6) is 1.70. The summed E-state index contributed by atoms with van der Waals surface area (Å²) >= 11 is 0. The van der Waals surface area contributed by atoms with Gasteiger partial charge in [0.2, 0.25) is 0 Å². The number of amides is 1. The van der Waals surface area contributed by atoms with Crippen molar-refractivity contribution in [1.82, 2.24) is 5.32 Å². The van der Waals surface area contributed by atoms with Crippen LogP contribution in [0.4, 0.5) is 0 Å². The summed E-state index contributed by atoms with van der Waals surface area (Å²) in [4.78, 5) is 12.2. The zero-order valence-electron chi connectivity index (χ0n) is 15.5. The van der Waals surface area contributed by atoms with Gasteiger partial charge in [-0.25, -0.2) is 0 Å². The van der Waals surface area contributed by atoms with Gasteiger partial charge in [-0.3, -0.25) is 4.79 Å². The number of para-hydroxylation sites is 2. The van der Waals surface area contributed by atoms with Gasteiger partial charge in [-0.1, -0.05) is 42.5 Å². The van der Waals surface area contributed by atoms with Gasteiger partial charge in [0.25, 0.3) is 5.91 Å². The maximum atomic E-state index is 12.2. The molecule has 5 heteroatoms. The Morgan fingerprint density at radius 2 is 1.67 bits per heavy atom. The van der Waals surface area contributed by atoms with Crippen LogP contribution in [0.25, 0.3) is 10.8 Å². The number of hydrogen-bond donors (Lipinski definition) is 1. The molecule has 3 aromatic carbocycles. The zero-order chi connectivity index (χ0) is 19.1. The van der Waals surface area contributed by atoms with Gasteiger partial charge in [0.05, 0.1) is 13.7 Å². The van der Waals surface area contributed by atoms with E-state index >= 15 is 0 Å². The first-order valence-electron chi connectivity index (χ1n) is 8.86. The molecule has 0 unspecified atom stereocenters. The monoisotopic (exact) mass is 365 g/mol. The van der Waals surface area contributed by atoms with Crippen molar-refractivity contribution in [3.8, 4) is 17.2 Å². The summed E-state index contributed by atoms with van der Waals surface area (Å²) in [7, 11) is 1.57. The third-order valence-corrected chi connectivity index (χ3v) is 4.13. The molecule has 1 atom stereocenters. The minimum atomic E-state index is -0.637. The van der Waals surface area contributed by atoms with Crippen molar-refractivity contribution in [2.45, 2.75) is 13.0 Å². The Labute approximate surface area is 158 Å². The number of benzene rings is 3. The number of carbonyl (C=O) groups is 1. The van der Waals surface area contributed by atoms with Gasteiger partial charge >= 0.3 is 0 Å². The molecule has 0 heterocycles. The molecule has 0 fully saturated rings. The Bertz CT molecular complexity index is 909. The standard InChI is InChI=1S/C22H23NO4/c1-16(27-21-10-6-5-9-20(21)25-2)22(24)23-13-14-26-19-12-11-17-7-3-4-8-18(17)15-19/h3-12,15-16H,13-14H2,1-2H3,(H,23,24)/t16-/m1/s1. The molecule has 0 radical (unpaired) electrons. The molecule has 0 saturated heterocycles. The van der Waals surface area contributed by atoms with E-state index in [2.05, 4.69) is 11.4 Å². The van der Waals surface area contributed by atoms with Gasteiger partial charge in [0, 0.05) is 0 Å². The largest absolute Gasteiger partial charge is 0.493 e. The second kappa shape index (κ2) is 8.94. The maximum absolute atomic E-state index is 12.2. The normalized spacial score (nSPS) is 11.6. The molecule has 3 aromatic rings. The van der Waals surface area contributed by atoms with Crippen molar-refractivity contribution in [2.24, 2.45) is 0 Å². The lowest BCUT2D eigenvalue weighted by Gasteiger charge is -2.16. The highest BCUT2D eigenvalue weighted by molar-refractivity contribution is 5.83. The van der Waals surface area contributed by atoms with Crippen molar-refractivity contribution in [2.75, 3.05) is 20.3 Å². The topological polar surface area (TPSA) is 56.8 Å². The van der Waals surface area contributed by atoms with Crippen LogP contribution in [0.15, 0.2) is 66.7 Å². The third kappa shape index (κ3) is 4.91. The van der Waals surface area contributed by atoms with Crippen LogP contribution < -0.4 is 19.5 Å². The van der Waals surface area contributed by atoms with Crippen LogP contribution in [-0.2, 0) is 4.79 Å². The first kappa shape index (κ1) is 18.6. The minimum Gasteiger partial charge on any atom is -0.493 e. The summed E-state index contributed by atoms with van der Waals surface area (Å²) in [6.07, 6.45) is -0.637. The molecular formula is C22H23NO4. The van der Waals surface area contributed by atoms with Crippen LogP contribution in [0, 0.1) is 0 Å². The molecule has 5 nitrogen and oxygen atoms in total. The van der Waals surface area contributed by atoms with E-state index in [1.807, 2.05) is 48.5 Å². The first-order valence-corrected chi connectivity index (χ1v) is 8.86. The molecule has 1 amide bonds. The van der Waals surface area contributed by atoms with Gasteiger partial charge in [0.1, 0.15) is 12.4 Å². The number of nitrogens with one attached hydrogen (secondary N) is 1. The fourth-order valence-electron chi connectivity index (χ4n) is 2.70. The molecule has 0 aliphatic carbocycles. The number of fused-ring (bicyclic) bond motifs is 1. The van der Waals surface area contributed by atoms with Crippen LogP contribution in [0.1, 0.15) is 6.92 Å². The SMILES string of the molecule is COc1ccccc1O[C@H](C)C(=O)NCCOc1ccc2ccccc2c1. The molecule has 1 N–H and O–H groups in total. The van der Waals surface area contributed by atoms with Crippen molar-refractivity contribution >= 4 is 16.7 Å². The molecule has 27 heavy (non-hydrogen) atoms. The Morgan fingerprint density at radius 3 is 2.44 bits per heavy atom. The maximum Gasteiger partial charge on any atom is 0.260 e. The summed E-state index contributed by atoms with van der Waals surface area (Å²) < 4.78 is 16.6. The number of methoxy groups -OCH3 is 1. The smallest absolute Gasteiger partial charge is 0.260 e. The highest BCUT2D eigenvalue weighted by Crippen LogP contribution is 2.26. The van der Waals surface area contributed by atoms with Crippen LogP contribution in [-0.4, -0.2) is 32.3 Å². The molecule has 0 aromatic heterocycles. The fourth-order valence-corrected chi connectivity index (χ4v) is 2.70. The Hall–Kier alpha value is -3.21. The van der Waals surface area contributed by atoms with Crippen molar-refractivity contribution in [3.63, 3.8) is 0 Å². The van der Waals surface area contributed by atoms with Crippen molar-refractivity contribution in [1.29, 1.82) is 0 Å². The highest BCUT2D eigenvalue weighted by Gasteiger charge is 2.16. The van der Waals surface area contributed by atoms with Gasteiger partial charge in [-0.05, 0) is 42.0 Å². The number of carbonyl (C=O) groups excluding carboxylic acids is 1. The molecule has 3 rings (SSSR count). The average Bonchev–Trinajstić information content (AvgIpc) is 2.71. The lowest BCUT2D eigenvalue weighted by atomic mass is 10.1. The predicted octanol–water partition coefficient (Wildman–Crippen LogP) is 3.81. The lowest BCUT2D eigenvalue weighted by Crippen LogP contribution is -2.38. The van der Waals surface area contributed by atoms with Gasteiger partial charge in [0.15, 0.2) is 17.6 Å². The summed E-state index contributed by atoms with van der Waals surface area (Å²) in [5, 5.41) is 5.11. The highest BCUT2D eigenvalue weighted by atomic mass is 16.5. The number of hydrogen-bond acceptors (Lipinski definition) is 4. The van der Waals surface area contributed by atoms with Crippen LogP contribution in [0.2, 0.25) is 0 Å². The van der Waals surface area contributed by atoms with Gasteiger partial charge < -0.3 is 19.5 Å². The van der Waals surface area contributed by atoms with E-state index in [-0.39, 0.29) is 5.91 Å². The van der Waals surface area contributed by atoms with Crippen LogP contribution in [0.5, 0.6) is 17.2 Å². The van der Waals surface area contributed by atoms with Gasteiger partial charge in [-0.2, -0.15) is 0 Å². The number of rotatable bonds is 8. The molecular weight excluding hydrogens is 342 g/mol. The zero-order valence-corrected chi connectivity index (χ0v) is 15.5. The van der Waals surface area contributed by atoms with E-state index in [1.165, 1.54) is 5.39 Å². The minimum absolute atomic E-state index is 0.206. The summed E-state index contributed by atoms with van der Waals surface area (Å²) in [5.41, 5.74) is 0. The second-order valence-corrected chi connectivity index (χ2v) is 6.06. The second-order valence-electron chi connectivity index (χ2n) is 6.06. The van der Waals surface area contributed by atoms with E-state index in [1.54, 1.807) is 26.2 Å². The lowest BCUT2D eigenvalue weighted by molar-refractivity contribution is -0.127. The molecule has 140 valence electrons. The van der Waals surface area contributed by atoms with Crippen LogP contribution >= 0.6 is 0 Å². The van der Waals surface area contributed by atoms with E-state index in [0.29, 0.717) is 24.7 Å². The fraction of sp³-hybridized carbons (Fsp3) is 0.227. The Kier molecular flexibility index (Phi) is 6.15. The average molecular weight is 365 g/mol. The number of ether oxygens (including phenoxy) is 3. The van der Waals surface area contributed by atoms with E-state index in [9.17, 15) is 4.79 Å². The van der Waals surface area contributed by atoms with Crippen molar-refractivity contribution in [3.05, 3.63) is 66.7 Å². The predicted molar refractivity (Wildman–Crippen MR) is 106 cm³/mol. The summed E-state index contributed by atoms with van der Waals surface area (Å²) in [6, 6.07) is 21.3. The van der Waals surface area contributed by atoms with Crippen molar-refractivity contribution < 1.29 is 19.0 Å². The van der Waals surface area contributed by atoms with Gasteiger partial charge in [-0.15, -0.1) is 0 Å². The van der Waals surface area contributed by atoms with E-state index < -0.39 is 6.10 Å². The molecule has 0 aliphatic heterocycles. The molecule has 0 aliphatic rings. The third-order valence-electron chi connectivity index (χ3n) is 4.13. The Balaban J connectivity index is 1.45. The molecule has 0 saturated carbocycles. The molecule has 0 spiro atoms. The Morgan fingerprint density at radius 1 is 0.963 bits per heavy atom. The van der Waals surface area contributed by atoms with E-state index in [4.69, 9.17) is 14.2 Å². The van der Waals surface area contributed by atoms with E-state index in [0.717, 1.165) is 11.1 Å². The first-order chi connectivity index (χ1) is 13.2. The quantitative estimate of drug-likeness (QED) is 0.617. The van der Waals surface area contributed by atoms with Crippen LogP contribution in [0.3, 0.4) is 0 Å².